The zero-order chi connectivity index (χ0) is 23.2. The Bertz CT molecular complexity index is 997. The number of fused-ring (bicyclic) bond motifs is 1. The highest BCUT2D eigenvalue weighted by Gasteiger charge is 2.47. The van der Waals surface area contributed by atoms with Gasteiger partial charge in [0.1, 0.15) is 12.3 Å². The van der Waals surface area contributed by atoms with Crippen LogP contribution in [0, 0.1) is 5.92 Å². The lowest BCUT2D eigenvalue weighted by Gasteiger charge is -2.46. The lowest BCUT2D eigenvalue weighted by atomic mass is 9.91. The Hall–Kier alpha value is -3.39. The number of amides is 4. The lowest BCUT2D eigenvalue weighted by Crippen LogP contribution is -2.68. The van der Waals surface area contributed by atoms with Crippen LogP contribution < -0.4 is 15.4 Å². The molecule has 174 valence electrons. The van der Waals surface area contributed by atoms with Crippen molar-refractivity contribution in [3.63, 3.8) is 0 Å². The van der Waals surface area contributed by atoms with Gasteiger partial charge in [-0.05, 0) is 50.4 Å². The number of carbonyl (C=O) groups excluding carboxylic acids is 3. The molecule has 4 rings (SSSR count). The van der Waals surface area contributed by atoms with Crippen molar-refractivity contribution >= 4 is 23.5 Å². The fourth-order valence-electron chi connectivity index (χ4n) is 4.48. The summed E-state index contributed by atoms with van der Waals surface area (Å²) in [6.45, 7) is 3.19. The third kappa shape index (κ3) is 5.17. The van der Waals surface area contributed by atoms with E-state index >= 15 is 0 Å². The molecule has 2 fully saturated rings. The zero-order valence-corrected chi connectivity index (χ0v) is 18.8. The molecule has 2 saturated heterocycles. The standard InChI is InChI=1S/C25H30N4O4/c1-2-33-21-13-7-6-12-20(21)27-22(30)17-29-23-19(11-8-15-26-23)24(31)28(25(29)32)16-14-18-9-4-3-5-10-18/h3-7,9-10,12-13,19,23,26H,2,8,11,14-17H2,1H3,(H,27,30). The number of hydrogen-bond donors (Lipinski definition) is 2. The molecule has 2 unspecified atom stereocenters. The number of para-hydroxylation sites is 2. The van der Waals surface area contributed by atoms with Crippen LogP contribution in [0.3, 0.4) is 0 Å². The molecule has 0 spiro atoms. The van der Waals surface area contributed by atoms with Gasteiger partial charge in [0.2, 0.25) is 11.8 Å². The summed E-state index contributed by atoms with van der Waals surface area (Å²) in [5.74, 6) is -0.271. The van der Waals surface area contributed by atoms with Crippen molar-refractivity contribution in [2.24, 2.45) is 5.92 Å². The molecule has 2 aromatic carbocycles. The molecule has 0 aliphatic carbocycles. The second-order valence-corrected chi connectivity index (χ2v) is 8.26. The number of anilines is 1. The first-order valence-corrected chi connectivity index (χ1v) is 11.5. The summed E-state index contributed by atoms with van der Waals surface area (Å²) in [5, 5.41) is 6.13. The fraction of sp³-hybridized carbons (Fsp3) is 0.400. The quantitative estimate of drug-likeness (QED) is 0.645. The molecule has 8 nitrogen and oxygen atoms in total. The van der Waals surface area contributed by atoms with Gasteiger partial charge in [0.25, 0.3) is 0 Å². The Balaban J connectivity index is 1.49. The number of piperidine rings is 1. The van der Waals surface area contributed by atoms with Crippen molar-refractivity contribution in [2.45, 2.75) is 32.4 Å². The molecule has 0 radical (unpaired) electrons. The SMILES string of the molecule is CCOc1ccccc1NC(=O)CN1C(=O)N(CCc2ccccc2)C(=O)C2CCCNC21. The first-order chi connectivity index (χ1) is 16.1. The number of imide groups is 1. The van der Waals surface area contributed by atoms with Crippen LogP contribution in [0.25, 0.3) is 0 Å². The number of benzene rings is 2. The third-order valence-corrected chi connectivity index (χ3v) is 6.06. The van der Waals surface area contributed by atoms with Crippen LogP contribution in [-0.2, 0) is 16.0 Å². The minimum Gasteiger partial charge on any atom is -0.492 e. The van der Waals surface area contributed by atoms with E-state index in [1.54, 1.807) is 12.1 Å². The summed E-state index contributed by atoms with van der Waals surface area (Å²) in [6, 6.07) is 16.5. The summed E-state index contributed by atoms with van der Waals surface area (Å²) in [5.41, 5.74) is 1.61. The highest BCUT2D eigenvalue weighted by atomic mass is 16.5. The smallest absolute Gasteiger partial charge is 0.328 e. The van der Waals surface area contributed by atoms with E-state index in [1.165, 1.54) is 9.80 Å². The van der Waals surface area contributed by atoms with E-state index in [4.69, 9.17) is 4.74 Å². The van der Waals surface area contributed by atoms with Gasteiger partial charge in [-0.2, -0.15) is 0 Å². The van der Waals surface area contributed by atoms with E-state index < -0.39 is 12.2 Å². The predicted molar refractivity (Wildman–Crippen MR) is 125 cm³/mol. The maximum atomic E-state index is 13.4. The topological polar surface area (TPSA) is 91.0 Å². The van der Waals surface area contributed by atoms with Crippen molar-refractivity contribution in [1.29, 1.82) is 0 Å². The summed E-state index contributed by atoms with van der Waals surface area (Å²) < 4.78 is 5.58. The van der Waals surface area contributed by atoms with Gasteiger partial charge >= 0.3 is 6.03 Å². The Kier molecular flexibility index (Phi) is 7.24. The second kappa shape index (κ2) is 10.5. The Morgan fingerprint density at radius 3 is 2.67 bits per heavy atom. The van der Waals surface area contributed by atoms with Gasteiger partial charge in [-0.15, -0.1) is 0 Å². The first-order valence-electron chi connectivity index (χ1n) is 11.5. The van der Waals surface area contributed by atoms with Gasteiger partial charge in [0, 0.05) is 6.54 Å². The molecular formula is C25H30N4O4. The van der Waals surface area contributed by atoms with E-state index in [9.17, 15) is 14.4 Å². The molecule has 4 amide bonds. The Morgan fingerprint density at radius 2 is 1.88 bits per heavy atom. The second-order valence-electron chi connectivity index (χ2n) is 8.26. The van der Waals surface area contributed by atoms with Crippen LogP contribution >= 0.6 is 0 Å². The van der Waals surface area contributed by atoms with Gasteiger partial charge in [0.05, 0.1) is 24.4 Å². The molecule has 33 heavy (non-hydrogen) atoms. The molecule has 2 aliphatic heterocycles. The Morgan fingerprint density at radius 1 is 1.12 bits per heavy atom. The maximum absolute atomic E-state index is 13.4. The summed E-state index contributed by atoms with van der Waals surface area (Å²) >= 11 is 0. The number of ether oxygens (including phenoxy) is 1. The number of rotatable bonds is 8. The van der Waals surface area contributed by atoms with E-state index in [0.29, 0.717) is 37.4 Å². The monoisotopic (exact) mass is 450 g/mol. The average molecular weight is 451 g/mol. The van der Waals surface area contributed by atoms with Gasteiger partial charge in [-0.1, -0.05) is 42.5 Å². The van der Waals surface area contributed by atoms with Crippen molar-refractivity contribution < 1.29 is 19.1 Å². The van der Waals surface area contributed by atoms with Crippen LogP contribution in [0.1, 0.15) is 25.3 Å². The average Bonchev–Trinajstić information content (AvgIpc) is 2.84. The van der Waals surface area contributed by atoms with E-state index in [-0.39, 0.29) is 30.8 Å². The number of urea groups is 1. The van der Waals surface area contributed by atoms with Gasteiger partial charge in [-0.3, -0.25) is 24.7 Å². The van der Waals surface area contributed by atoms with E-state index in [0.717, 1.165) is 12.0 Å². The maximum Gasteiger partial charge on any atom is 0.328 e. The zero-order valence-electron chi connectivity index (χ0n) is 18.8. The summed E-state index contributed by atoms with van der Waals surface area (Å²) in [4.78, 5) is 42.2. The number of nitrogens with zero attached hydrogens (tertiary/aromatic N) is 2. The number of carbonyl (C=O) groups is 3. The molecule has 0 saturated carbocycles. The fourth-order valence-corrected chi connectivity index (χ4v) is 4.48. The van der Waals surface area contributed by atoms with Crippen molar-refractivity contribution in [1.82, 2.24) is 15.1 Å². The molecule has 2 aromatic rings. The summed E-state index contributed by atoms with van der Waals surface area (Å²) in [7, 11) is 0. The molecule has 8 heteroatoms. The van der Waals surface area contributed by atoms with E-state index in [2.05, 4.69) is 10.6 Å². The van der Waals surface area contributed by atoms with E-state index in [1.807, 2.05) is 49.4 Å². The normalized spacial score (nSPS) is 20.4. The highest BCUT2D eigenvalue weighted by molar-refractivity contribution is 6.01. The largest absolute Gasteiger partial charge is 0.492 e. The van der Waals surface area contributed by atoms with Gasteiger partial charge in [0.15, 0.2) is 0 Å². The minimum atomic E-state index is -0.473. The van der Waals surface area contributed by atoms with Crippen LogP contribution in [0.15, 0.2) is 54.6 Å². The van der Waals surface area contributed by atoms with Crippen LogP contribution in [-0.4, -0.2) is 60.1 Å². The van der Waals surface area contributed by atoms with Gasteiger partial charge in [-0.25, -0.2) is 4.79 Å². The first kappa shape index (κ1) is 22.8. The number of hydrogen-bond acceptors (Lipinski definition) is 5. The van der Waals surface area contributed by atoms with Crippen molar-refractivity contribution in [3.8, 4) is 5.75 Å². The highest BCUT2D eigenvalue weighted by Crippen LogP contribution is 2.29. The lowest BCUT2D eigenvalue weighted by molar-refractivity contribution is -0.142. The molecule has 2 N–H and O–H groups in total. The molecule has 2 atom stereocenters. The van der Waals surface area contributed by atoms with Crippen molar-refractivity contribution in [3.05, 3.63) is 60.2 Å². The number of nitrogens with one attached hydrogen (secondary N) is 2. The molecule has 0 aromatic heterocycles. The van der Waals surface area contributed by atoms with Crippen LogP contribution in [0.2, 0.25) is 0 Å². The molecule has 2 aliphatic rings. The third-order valence-electron chi connectivity index (χ3n) is 6.06. The predicted octanol–water partition coefficient (Wildman–Crippen LogP) is 2.86. The van der Waals surface area contributed by atoms with Crippen LogP contribution in [0.5, 0.6) is 5.75 Å². The van der Waals surface area contributed by atoms with Gasteiger partial charge < -0.3 is 10.1 Å². The Labute approximate surface area is 193 Å². The summed E-state index contributed by atoms with van der Waals surface area (Å²) in [6.07, 6.45) is 1.65. The molecular weight excluding hydrogens is 420 g/mol. The minimum absolute atomic E-state index is 0.150. The van der Waals surface area contributed by atoms with Crippen molar-refractivity contribution in [2.75, 3.05) is 31.6 Å². The molecule has 2 heterocycles. The molecule has 0 bridgehead atoms. The van der Waals surface area contributed by atoms with Crippen LogP contribution in [0.4, 0.5) is 10.5 Å².